The first-order valence-electron chi connectivity index (χ1n) is 5.53. The molecule has 4 nitrogen and oxygen atoms in total. The van der Waals surface area contributed by atoms with Crippen LogP contribution in [0.25, 0.3) is 0 Å². The SMILES string of the molecule is O=C(O)C1(N2CCNCC2)CCSCC1. The number of rotatable bonds is 2. The molecule has 0 saturated carbocycles. The number of aliphatic carboxylic acids is 1. The maximum absolute atomic E-state index is 11.5. The van der Waals surface area contributed by atoms with Gasteiger partial charge in [0.05, 0.1) is 0 Å². The third-order valence-corrected chi connectivity index (χ3v) is 4.43. The van der Waals surface area contributed by atoms with E-state index in [-0.39, 0.29) is 0 Å². The van der Waals surface area contributed by atoms with Crippen molar-refractivity contribution in [2.75, 3.05) is 37.7 Å². The van der Waals surface area contributed by atoms with E-state index in [2.05, 4.69) is 10.2 Å². The molecule has 15 heavy (non-hydrogen) atoms. The zero-order chi connectivity index (χ0) is 10.7. The zero-order valence-corrected chi connectivity index (χ0v) is 9.68. The van der Waals surface area contributed by atoms with Crippen molar-refractivity contribution in [2.24, 2.45) is 0 Å². The predicted molar refractivity (Wildman–Crippen MR) is 61.4 cm³/mol. The molecule has 86 valence electrons. The molecule has 0 spiro atoms. The fraction of sp³-hybridized carbons (Fsp3) is 0.900. The van der Waals surface area contributed by atoms with Crippen LogP contribution in [0.5, 0.6) is 0 Å². The second-order valence-corrected chi connectivity index (χ2v) is 5.41. The normalized spacial score (nSPS) is 27.5. The molecule has 2 aliphatic rings. The summed E-state index contributed by atoms with van der Waals surface area (Å²) in [5, 5.41) is 12.7. The summed E-state index contributed by atoms with van der Waals surface area (Å²) in [6.45, 7) is 3.58. The molecule has 0 aromatic carbocycles. The second-order valence-electron chi connectivity index (χ2n) is 4.19. The van der Waals surface area contributed by atoms with Crippen LogP contribution < -0.4 is 5.32 Å². The minimum Gasteiger partial charge on any atom is -0.480 e. The van der Waals surface area contributed by atoms with E-state index >= 15 is 0 Å². The highest BCUT2D eigenvalue weighted by molar-refractivity contribution is 7.99. The largest absolute Gasteiger partial charge is 0.480 e. The van der Waals surface area contributed by atoms with Gasteiger partial charge in [-0.3, -0.25) is 9.69 Å². The van der Waals surface area contributed by atoms with Crippen LogP contribution in [0.3, 0.4) is 0 Å². The minimum atomic E-state index is -0.621. The summed E-state index contributed by atoms with van der Waals surface area (Å²) in [5.41, 5.74) is -0.562. The lowest BCUT2D eigenvalue weighted by atomic mass is 9.89. The van der Waals surface area contributed by atoms with Crippen LogP contribution in [0.1, 0.15) is 12.8 Å². The monoisotopic (exact) mass is 230 g/mol. The van der Waals surface area contributed by atoms with Gasteiger partial charge in [-0.25, -0.2) is 0 Å². The number of piperazine rings is 1. The number of nitrogens with zero attached hydrogens (tertiary/aromatic N) is 1. The minimum absolute atomic E-state index is 0.562. The standard InChI is InChI=1S/C10H18N2O2S/c13-9(14)10(1-7-15-8-2-10)12-5-3-11-4-6-12/h11H,1-8H2,(H,13,14). The Kier molecular flexibility index (Phi) is 3.53. The van der Waals surface area contributed by atoms with E-state index in [0.29, 0.717) is 0 Å². The first-order valence-corrected chi connectivity index (χ1v) is 6.68. The number of nitrogens with one attached hydrogen (secondary N) is 1. The highest BCUT2D eigenvalue weighted by Gasteiger charge is 2.45. The highest BCUT2D eigenvalue weighted by Crippen LogP contribution is 2.33. The lowest BCUT2D eigenvalue weighted by Crippen LogP contribution is -2.61. The van der Waals surface area contributed by atoms with Crippen LogP contribution in [0.4, 0.5) is 0 Å². The van der Waals surface area contributed by atoms with E-state index < -0.39 is 11.5 Å². The fourth-order valence-electron chi connectivity index (χ4n) is 2.47. The lowest BCUT2D eigenvalue weighted by molar-refractivity contribution is -0.153. The molecular formula is C10H18N2O2S. The molecule has 0 aromatic rings. The Labute approximate surface area is 94.4 Å². The molecule has 5 heteroatoms. The Hall–Kier alpha value is -0.260. The number of carboxylic acids is 1. The number of carbonyl (C=O) groups is 1. The molecule has 0 bridgehead atoms. The first-order chi connectivity index (χ1) is 7.26. The Bertz CT molecular complexity index is 236. The van der Waals surface area contributed by atoms with E-state index in [1.165, 1.54) is 0 Å². The maximum Gasteiger partial charge on any atom is 0.324 e. The van der Waals surface area contributed by atoms with E-state index in [1.807, 2.05) is 11.8 Å². The van der Waals surface area contributed by atoms with Gasteiger partial charge in [0.15, 0.2) is 0 Å². The van der Waals surface area contributed by atoms with Crippen molar-refractivity contribution >= 4 is 17.7 Å². The van der Waals surface area contributed by atoms with Crippen LogP contribution in [0.2, 0.25) is 0 Å². The summed E-state index contributed by atoms with van der Waals surface area (Å²) in [5.74, 6) is 1.34. The van der Waals surface area contributed by atoms with Crippen LogP contribution >= 0.6 is 11.8 Å². The molecule has 0 aromatic heterocycles. The summed E-state index contributed by atoms with van der Waals surface area (Å²) in [7, 11) is 0. The lowest BCUT2D eigenvalue weighted by Gasteiger charge is -2.44. The van der Waals surface area contributed by atoms with Gasteiger partial charge in [0.1, 0.15) is 5.54 Å². The Morgan fingerprint density at radius 2 is 1.87 bits per heavy atom. The fourth-order valence-corrected chi connectivity index (χ4v) is 3.64. The number of hydrogen-bond donors (Lipinski definition) is 2. The van der Waals surface area contributed by atoms with Gasteiger partial charge in [-0.15, -0.1) is 0 Å². The quantitative estimate of drug-likeness (QED) is 0.712. The van der Waals surface area contributed by atoms with Gasteiger partial charge in [0, 0.05) is 26.2 Å². The Balaban J connectivity index is 2.12. The third kappa shape index (κ3) is 2.14. The molecule has 2 aliphatic heterocycles. The third-order valence-electron chi connectivity index (χ3n) is 3.44. The average Bonchev–Trinajstić information content (AvgIpc) is 2.31. The molecule has 2 fully saturated rings. The number of thioether (sulfide) groups is 1. The van der Waals surface area contributed by atoms with E-state index in [9.17, 15) is 9.90 Å². The van der Waals surface area contributed by atoms with Crippen LogP contribution in [0.15, 0.2) is 0 Å². The van der Waals surface area contributed by atoms with E-state index in [1.54, 1.807) is 0 Å². The summed E-state index contributed by atoms with van der Waals surface area (Å²) in [6, 6.07) is 0. The van der Waals surface area contributed by atoms with Gasteiger partial charge in [-0.2, -0.15) is 11.8 Å². The van der Waals surface area contributed by atoms with Crippen molar-refractivity contribution in [3.63, 3.8) is 0 Å². The van der Waals surface area contributed by atoms with Crippen LogP contribution in [0, 0.1) is 0 Å². The molecule has 2 rings (SSSR count). The summed E-state index contributed by atoms with van der Waals surface area (Å²) < 4.78 is 0. The first kappa shape index (κ1) is 11.2. The molecular weight excluding hydrogens is 212 g/mol. The van der Waals surface area contributed by atoms with Crippen LogP contribution in [-0.4, -0.2) is 59.2 Å². The van der Waals surface area contributed by atoms with Gasteiger partial charge in [0.25, 0.3) is 0 Å². The summed E-state index contributed by atoms with van der Waals surface area (Å²) in [4.78, 5) is 13.7. The van der Waals surface area contributed by atoms with Crippen molar-refractivity contribution in [2.45, 2.75) is 18.4 Å². The zero-order valence-electron chi connectivity index (χ0n) is 8.87. The van der Waals surface area contributed by atoms with Gasteiger partial charge < -0.3 is 10.4 Å². The van der Waals surface area contributed by atoms with Gasteiger partial charge in [0.2, 0.25) is 0 Å². The molecule has 0 unspecified atom stereocenters. The molecule has 0 aliphatic carbocycles. The van der Waals surface area contributed by atoms with Crippen molar-refractivity contribution in [1.29, 1.82) is 0 Å². The second kappa shape index (κ2) is 4.72. The van der Waals surface area contributed by atoms with Crippen molar-refractivity contribution < 1.29 is 9.90 Å². The molecule has 2 heterocycles. The Morgan fingerprint density at radius 3 is 2.40 bits per heavy atom. The number of hydrogen-bond acceptors (Lipinski definition) is 4. The number of carboxylic acid groups (broad SMARTS) is 1. The summed E-state index contributed by atoms with van der Waals surface area (Å²) in [6.07, 6.45) is 1.60. The molecule has 0 atom stereocenters. The van der Waals surface area contributed by atoms with Gasteiger partial charge >= 0.3 is 5.97 Å². The van der Waals surface area contributed by atoms with Crippen LogP contribution in [-0.2, 0) is 4.79 Å². The molecule has 2 saturated heterocycles. The van der Waals surface area contributed by atoms with Gasteiger partial charge in [-0.1, -0.05) is 0 Å². The molecule has 2 N–H and O–H groups in total. The van der Waals surface area contributed by atoms with E-state index in [0.717, 1.165) is 50.5 Å². The van der Waals surface area contributed by atoms with E-state index in [4.69, 9.17) is 0 Å². The van der Waals surface area contributed by atoms with Gasteiger partial charge in [-0.05, 0) is 24.3 Å². The van der Waals surface area contributed by atoms with Crippen molar-refractivity contribution in [3.8, 4) is 0 Å². The highest BCUT2D eigenvalue weighted by atomic mass is 32.2. The van der Waals surface area contributed by atoms with Crippen molar-refractivity contribution in [3.05, 3.63) is 0 Å². The smallest absolute Gasteiger partial charge is 0.324 e. The molecule has 0 amide bonds. The summed E-state index contributed by atoms with van der Waals surface area (Å²) >= 11 is 1.87. The predicted octanol–water partition coefficient (Wildman–Crippen LogP) is 0.242. The topological polar surface area (TPSA) is 52.6 Å². The Morgan fingerprint density at radius 1 is 1.27 bits per heavy atom. The molecule has 0 radical (unpaired) electrons. The maximum atomic E-state index is 11.5. The average molecular weight is 230 g/mol. The van der Waals surface area contributed by atoms with Crippen molar-refractivity contribution in [1.82, 2.24) is 10.2 Å².